The zero-order valence-corrected chi connectivity index (χ0v) is 7.87. The Bertz CT molecular complexity index is 413. The molecule has 0 saturated carbocycles. The second-order valence-corrected chi connectivity index (χ2v) is 2.92. The van der Waals surface area contributed by atoms with E-state index in [0.29, 0.717) is 0 Å². The van der Waals surface area contributed by atoms with Gasteiger partial charge in [-0.05, 0) is 30.0 Å². The first kappa shape index (κ1) is 10.3. The second-order valence-electron chi connectivity index (χ2n) is 2.92. The van der Waals surface area contributed by atoms with Gasteiger partial charge in [-0.1, -0.05) is 18.1 Å². The van der Waals surface area contributed by atoms with Crippen LogP contribution in [0.1, 0.15) is 16.7 Å². The summed E-state index contributed by atoms with van der Waals surface area (Å²) in [6.45, 7) is 1.87. The Kier molecular flexibility index (Phi) is 3.27. The van der Waals surface area contributed by atoms with Gasteiger partial charge < -0.3 is 10.8 Å². The maximum absolute atomic E-state index is 10.4. The number of carbonyl (C=O) groups is 1. The summed E-state index contributed by atoms with van der Waals surface area (Å²) >= 11 is 0. The molecule has 0 fully saturated rings. The van der Waals surface area contributed by atoms with Crippen LogP contribution in [-0.2, 0) is 11.4 Å². The first-order chi connectivity index (χ1) is 6.63. The molecule has 0 aliphatic carbocycles. The Morgan fingerprint density at radius 2 is 2.29 bits per heavy atom. The molecule has 1 aromatic carbocycles. The van der Waals surface area contributed by atoms with Gasteiger partial charge in [-0.2, -0.15) is 0 Å². The third kappa shape index (κ3) is 2.61. The largest absolute Gasteiger partial charge is 0.392 e. The number of hydrogen-bond donors (Lipinski definition) is 2. The van der Waals surface area contributed by atoms with Gasteiger partial charge in [0.25, 0.3) is 5.91 Å². The molecule has 0 aliphatic rings. The lowest BCUT2D eigenvalue weighted by Gasteiger charge is -2.00. The minimum absolute atomic E-state index is 0.00433. The molecule has 0 spiro atoms. The van der Waals surface area contributed by atoms with Gasteiger partial charge in [-0.3, -0.25) is 4.79 Å². The van der Waals surface area contributed by atoms with Crippen molar-refractivity contribution in [3.05, 3.63) is 34.9 Å². The SMILES string of the molecule is Cc1cc(CO)ccc1C#CC(N)=O. The Hall–Kier alpha value is -1.79. The van der Waals surface area contributed by atoms with Crippen LogP contribution < -0.4 is 5.73 Å². The predicted octanol–water partition coefficient (Wildman–Crippen LogP) is 0.324. The lowest BCUT2D eigenvalue weighted by atomic mass is 10.1. The van der Waals surface area contributed by atoms with Crippen LogP contribution in [0.3, 0.4) is 0 Å². The predicted molar refractivity (Wildman–Crippen MR) is 53.2 cm³/mol. The van der Waals surface area contributed by atoms with Crippen LogP contribution in [0.2, 0.25) is 0 Å². The number of benzene rings is 1. The van der Waals surface area contributed by atoms with E-state index in [-0.39, 0.29) is 6.61 Å². The number of nitrogens with two attached hydrogens (primary N) is 1. The maximum Gasteiger partial charge on any atom is 0.293 e. The van der Waals surface area contributed by atoms with Crippen LogP contribution in [0.15, 0.2) is 18.2 Å². The summed E-state index contributed by atoms with van der Waals surface area (Å²) in [5.74, 6) is 4.28. The lowest BCUT2D eigenvalue weighted by Crippen LogP contribution is -2.06. The minimum atomic E-state index is -0.643. The van der Waals surface area contributed by atoms with Gasteiger partial charge >= 0.3 is 0 Å². The first-order valence-electron chi connectivity index (χ1n) is 4.15. The van der Waals surface area contributed by atoms with E-state index in [1.54, 1.807) is 12.1 Å². The quantitative estimate of drug-likeness (QED) is 0.625. The molecule has 0 radical (unpaired) electrons. The number of carbonyl (C=O) groups excluding carboxylic acids is 1. The maximum atomic E-state index is 10.4. The third-order valence-corrected chi connectivity index (χ3v) is 1.79. The van der Waals surface area contributed by atoms with Gasteiger partial charge in [0.05, 0.1) is 6.61 Å². The molecule has 0 unspecified atom stereocenters. The highest BCUT2D eigenvalue weighted by molar-refractivity contribution is 5.92. The molecule has 1 rings (SSSR count). The Labute approximate surface area is 82.6 Å². The number of primary amides is 1. The zero-order valence-electron chi connectivity index (χ0n) is 7.87. The van der Waals surface area contributed by atoms with Crippen molar-refractivity contribution in [1.82, 2.24) is 0 Å². The van der Waals surface area contributed by atoms with Crippen molar-refractivity contribution in [1.29, 1.82) is 0 Å². The summed E-state index contributed by atoms with van der Waals surface area (Å²) in [5, 5.41) is 8.86. The summed E-state index contributed by atoms with van der Waals surface area (Å²) in [6.07, 6.45) is 0. The van der Waals surface area contributed by atoms with Crippen molar-refractivity contribution in [2.24, 2.45) is 5.73 Å². The average molecular weight is 189 g/mol. The molecule has 3 N–H and O–H groups in total. The van der Waals surface area contributed by atoms with E-state index in [2.05, 4.69) is 11.8 Å². The van der Waals surface area contributed by atoms with Gasteiger partial charge in [0.1, 0.15) is 0 Å². The molecular formula is C11H11NO2. The van der Waals surface area contributed by atoms with Gasteiger partial charge in [0.2, 0.25) is 0 Å². The molecule has 14 heavy (non-hydrogen) atoms. The van der Waals surface area contributed by atoms with Gasteiger partial charge in [-0.25, -0.2) is 0 Å². The van der Waals surface area contributed by atoms with Crippen LogP contribution in [-0.4, -0.2) is 11.0 Å². The Balaban J connectivity index is 3.02. The van der Waals surface area contributed by atoms with Crippen molar-refractivity contribution < 1.29 is 9.90 Å². The number of aliphatic hydroxyl groups excluding tert-OH is 1. The van der Waals surface area contributed by atoms with E-state index in [1.165, 1.54) is 0 Å². The molecular weight excluding hydrogens is 178 g/mol. The van der Waals surface area contributed by atoms with Crippen molar-refractivity contribution in [2.45, 2.75) is 13.5 Å². The molecule has 3 heteroatoms. The van der Waals surface area contributed by atoms with Crippen molar-refractivity contribution in [3.63, 3.8) is 0 Å². The fraction of sp³-hybridized carbons (Fsp3) is 0.182. The summed E-state index contributed by atoms with van der Waals surface area (Å²) in [7, 11) is 0. The van der Waals surface area contributed by atoms with E-state index in [1.807, 2.05) is 13.0 Å². The van der Waals surface area contributed by atoms with Crippen molar-refractivity contribution in [2.75, 3.05) is 0 Å². The Morgan fingerprint density at radius 1 is 1.57 bits per heavy atom. The summed E-state index contributed by atoms with van der Waals surface area (Å²) in [6, 6.07) is 5.35. The molecule has 0 atom stereocenters. The number of aryl methyl sites for hydroxylation is 1. The summed E-state index contributed by atoms with van der Waals surface area (Å²) < 4.78 is 0. The molecule has 0 aromatic heterocycles. The number of rotatable bonds is 1. The lowest BCUT2D eigenvalue weighted by molar-refractivity contribution is -0.112. The molecule has 0 bridgehead atoms. The zero-order chi connectivity index (χ0) is 10.6. The van der Waals surface area contributed by atoms with E-state index in [9.17, 15) is 4.79 Å². The summed E-state index contributed by atoms with van der Waals surface area (Å²) in [5.41, 5.74) is 7.39. The highest BCUT2D eigenvalue weighted by Crippen LogP contribution is 2.09. The summed E-state index contributed by atoms with van der Waals surface area (Å²) in [4.78, 5) is 10.4. The number of amides is 1. The van der Waals surface area contributed by atoms with Crippen LogP contribution >= 0.6 is 0 Å². The fourth-order valence-electron chi connectivity index (χ4n) is 1.09. The van der Waals surface area contributed by atoms with E-state index < -0.39 is 5.91 Å². The fourth-order valence-corrected chi connectivity index (χ4v) is 1.09. The minimum Gasteiger partial charge on any atom is -0.392 e. The van der Waals surface area contributed by atoms with Gasteiger partial charge in [-0.15, -0.1) is 0 Å². The monoisotopic (exact) mass is 189 g/mol. The molecule has 72 valence electrons. The first-order valence-corrected chi connectivity index (χ1v) is 4.15. The highest BCUT2D eigenvalue weighted by Gasteiger charge is 1.96. The smallest absolute Gasteiger partial charge is 0.293 e. The van der Waals surface area contributed by atoms with Gasteiger partial charge in [0, 0.05) is 5.56 Å². The van der Waals surface area contributed by atoms with Crippen LogP contribution in [0, 0.1) is 18.8 Å². The molecule has 1 amide bonds. The molecule has 1 aromatic rings. The van der Waals surface area contributed by atoms with Crippen molar-refractivity contribution >= 4 is 5.91 Å². The number of aliphatic hydroxyl groups is 1. The molecule has 0 heterocycles. The standard InChI is InChI=1S/C11H11NO2/c1-8-6-9(7-13)2-3-10(8)4-5-11(12)14/h2-3,6,13H,7H2,1H3,(H2,12,14). The normalized spacial score (nSPS) is 9.00. The van der Waals surface area contributed by atoms with Crippen LogP contribution in [0.25, 0.3) is 0 Å². The van der Waals surface area contributed by atoms with E-state index >= 15 is 0 Å². The van der Waals surface area contributed by atoms with E-state index in [0.717, 1.165) is 16.7 Å². The molecule has 0 saturated heterocycles. The second kappa shape index (κ2) is 4.45. The van der Waals surface area contributed by atoms with Crippen LogP contribution in [0.5, 0.6) is 0 Å². The highest BCUT2D eigenvalue weighted by atomic mass is 16.3. The molecule has 3 nitrogen and oxygen atoms in total. The molecule has 0 aliphatic heterocycles. The van der Waals surface area contributed by atoms with Crippen LogP contribution in [0.4, 0.5) is 0 Å². The topological polar surface area (TPSA) is 63.3 Å². The third-order valence-electron chi connectivity index (χ3n) is 1.79. The van der Waals surface area contributed by atoms with Crippen molar-refractivity contribution in [3.8, 4) is 11.8 Å². The average Bonchev–Trinajstić information content (AvgIpc) is 2.15. The van der Waals surface area contributed by atoms with Gasteiger partial charge in [0.15, 0.2) is 0 Å². The van der Waals surface area contributed by atoms with E-state index in [4.69, 9.17) is 10.8 Å². The number of hydrogen-bond acceptors (Lipinski definition) is 2. The Morgan fingerprint density at radius 3 is 2.79 bits per heavy atom.